The number of amides is 1. The molecule has 0 aliphatic carbocycles. The molecule has 0 spiro atoms. The van der Waals surface area contributed by atoms with Gasteiger partial charge in [0.2, 0.25) is 5.91 Å². The maximum absolute atomic E-state index is 13.0. The van der Waals surface area contributed by atoms with Crippen LogP contribution in [0.3, 0.4) is 0 Å². The molecule has 5 heteroatoms. The van der Waals surface area contributed by atoms with Crippen LogP contribution in [0.1, 0.15) is 27.7 Å². The van der Waals surface area contributed by atoms with E-state index in [-0.39, 0.29) is 30.1 Å². The molecule has 134 valence electrons. The van der Waals surface area contributed by atoms with Crippen molar-refractivity contribution in [2.45, 2.75) is 45.9 Å². The van der Waals surface area contributed by atoms with Crippen molar-refractivity contribution in [2.24, 2.45) is 5.92 Å². The van der Waals surface area contributed by atoms with Gasteiger partial charge in [-0.3, -0.25) is 14.7 Å². The second kappa shape index (κ2) is 7.50. The first-order valence-corrected chi connectivity index (χ1v) is 8.99. The molecular formula is C20H27N3O2. The lowest BCUT2D eigenvalue weighted by Crippen LogP contribution is -2.55. The van der Waals surface area contributed by atoms with Crippen LogP contribution in [-0.4, -0.2) is 47.1 Å². The number of ether oxygens (including phenoxy) is 1. The van der Waals surface area contributed by atoms with E-state index >= 15 is 0 Å². The number of hydrogen-bond acceptors (Lipinski definition) is 4. The largest absolute Gasteiger partial charge is 0.373 e. The smallest absolute Gasteiger partial charge is 0.241 e. The molecule has 1 aliphatic heterocycles. The van der Waals surface area contributed by atoms with Gasteiger partial charge in [-0.2, -0.15) is 0 Å². The van der Waals surface area contributed by atoms with E-state index in [0.717, 1.165) is 29.7 Å². The fraction of sp³-hybridized carbons (Fsp3) is 0.500. The van der Waals surface area contributed by atoms with Crippen molar-refractivity contribution >= 4 is 22.5 Å². The summed E-state index contributed by atoms with van der Waals surface area (Å²) in [5, 5.41) is 4.12. The average molecular weight is 341 g/mol. The lowest BCUT2D eigenvalue weighted by atomic mass is 9.99. The highest BCUT2D eigenvalue weighted by molar-refractivity contribution is 5.97. The van der Waals surface area contributed by atoms with E-state index in [4.69, 9.17) is 4.74 Å². The van der Waals surface area contributed by atoms with E-state index in [2.05, 4.69) is 42.9 Å². The Kier molecular flexibility index (Phi) is 5.35. The quantitative estimate of drug-likeness (QED) is 0.927. The van der Waals surface area contributed by atoms with Gasteiger partial charge in [0.25, 0.3) is 0 Å². The van der Waals surface area contributed by atoms with Crippen molar-refractivity contribution in [3.05, 3.63) is 36.5 Å². The number of rotatable bonds is 4. The molecule has 1 aliphatic rings. The second-order valence-electron chi connectivity index (χ2n) is 7.30. The molecular weight excluding hydrogens is 314 g/mol. The van der Waals surface area contributed by atoms with Crippen molar-refractivity contribution in [3.63, 3.8) is 0 Å². The van der Waals surface area contributed by atoms with E-state index in [1.807, 2.05) is 30.3 Å². The van der Waals surface area contributed by atoms with Crippen LogP contribution in [0.15, 0.2) is 36.5 Å². The van der Waals surface area contributed by atoms with Gasteiger partial charge in [-0.05, 0) is 44.0 Å². The molecule has 1 aromatic carbocycles. The summed E-state index contributed by atoms with van der Waals surface area (Å²) in [6.07, 6.45) is 2.06. The number of anilines is 1. The van der Waals surface area contributed by atoms with Crippen LogP contribution in [0.25, 0.3) is 10.9 Å². The third-order valence-electron chi connectivity index (χ3n) is 4.61. The summed E-state index contributed by atoms with van der Waals surface area (Å²) in [6, 6.07) is 9.56. The zero-order valence-corrected chi connectivity index (χ0v) is 15.4. The Morgan fingerprint density at radius 2 is 1.96 bits per heavy atom. The fourth-order valence-corrected chi connectivity index (χ4v) is 3.70. The molecule has 0 radical (unpaired) electrons. The third-order valence-corrected chi connectivity index (χ3v) is 4.61. The van der Waals surface area contributed by atoms with Gasteiger partial charge in [-0.1, -0.05) is 19.9 Å². The summed E-state index contributed by atoms with van der Waals surface area (Å²) in [5.41, 5.74) is 1.74. The molecule has 2 aromatic rings. The van der Waals surface area contributed by atoms with E-state index in [9.17, 15) is 4.79 Å². The number of nitrogens with one attached hydrogen (secondary N) is 1. The molecule has 5 nitrogen and oxygen atoms in total. The minimum atomic E-state index is -0.168. The summed E-state index contributed by atoms with van der Waals surface area (Å²) < 4.78 is 5.81. The summed E-state index contributed by atoms with van der Waals surface area (Å²) >= 11 is 0. The summed E-state index contributed by atoms with van der Waals surface area (Å²) in [7, 11) is 0. The first kappa shape index (κ1) is 17.8. The molecule has 1 fully saturated rings. The Morgan fingerprint density at radius 1 is 1.24 bits per heavy atom. The van der Waals surface area contributed by atoms with Crippen LogP contribution < -0.4 is 5.32 Å². The number of fused-ring (bicyclic) bond motifs is 1. The standard InChI is InChI=1S/C20H27N3O2/c1-13(2)19(23-11-14(3)25-15(4)12-23)20(24)22-17-7-8-18-16(10-17)6-5-9-21-18/h5-10,13-15,19H,11-12H2,1-4H3,(H,22,24). The minimum Gasteiger partial charge on any atom is -0.373 e. The lowest BCUT2D eigenvalue weighted by molar-refractivity contribution is -0.130. The molecule has 0 saturated carbocycles. The zero-order chi connectivity index (χ0) is 18.0. The Morgan fingerprint density at radius 3 is 2.64 bits per heavy atom. The molecule has 2 heterocycles. The molecule has 1 amide bonds. The highest BCUT2D eigenvalue weighted by Gasteiger charge is 2.34. The molecule has 3 atom stereocenters. The second-order valence-corrected chi connectivity index (χ2v) is 7.30. The highest BCUT2D eigenvalue weighted by Crippen LogP contribution is 2.22. The van der Waals surface area contributed by atoms with Gasteiger partial charge in [0.15, 0.2) is 0 Å². The normalized spacial score (nSPS) is 22.9. The number of carbonyl (C=O) groups is 1. The molecule has 1 N–H and O–H groups in total. The highest BCUT2D eigenvalue weighted by atomic mass is 16.5. The Bertz CT molecular complexity index is 737. The molecule has 1 aromatic heterocycles. The number of pyridine rings is 1. The Labute approximate surface area is 149 Å². The van der Waals surface area contributed by atoms with Crippen molar-refractivity contribution in [2.75, 3.05) is 18.4 Å². The van der Waals surface area contributed by atoms with Crippen LogP contribution in [0, 0.1) is 5.92 Å². The minimum absolute atomic E-state index is 0.0412. The zero-order valence-electron chi connectivity index (χ0n) is 15.4. The lowest BCUT2D eigenvalue weighted by Gasteiger charge is -2.41. The topological polar surface area (TPSA) is 54.5 Å². The Balaban J connectivity index is 1.78. The van der Waals surface area contributed by atoms with E-state index < -0.39 is 0 Å². The van der Waals surface area contributed by atoms with Gasteiger partial charge in [0.05, 0.1) is 23.8 Å². The number of aromatic nitrogens is 1. The first-order chi connectivity index (χ1) is 11.9. The van der Waals surface area contributed by atoms with Crippen LogP contribution in [0.4, 0.5) is 5.69 Å². The Hall–Kier alpha value is -1.98. The average Bonchev–Trinajstić information content (AvgIpc) is 2.53. The van der Waals surface area contributed by atoms with Gasteiger partial charge in [0.1, 0.15) is 0 Å². The van der Waals surface area contributed by atoms with Gasteiger partial charge < -0.3 is 10.1 Å². The van der Waals surface area contributed by atoms with Gasteiger partial charge in [0, 0.05) is 30.4 Å². The van der Waals surface area contributed by atoms with E-state index in [1.165, 1.54) is 0 Å². The van der Waals surface area contributed by atoms with Crippen molar-refractivity contribution < 1.29 is 9.53 Å². The maximum atomic E-state index is 13.0. The first-order valence-electron chi connectivity index (χ1n) is 8.99. The number of carbonyl (C=O) groups excluding carboxylic acids is 1. The van der Waals surface area contributed by atoms with Gasteiger partial charge >= 0.3 is 0 Å². The van der Waals surface area contributed by atoms with Crippen LogP contribution in [0.2, 0.25) is 0 Å². The summed E-state index contributed by atoms with van der Waals surface area (Å²) in [5.74, 6) is 0.263. The fourth-order valence-electron chi connectivity index (χ4n) is 3.70. The van der Waals surface area contributed by atoms with E-state index in [0.29, 0.717) is 0 Å². The van der Waals surface area contributed by atoms with Gasteiger partial charge in [-0.15, -0.1) is 0 Å². The predicted molar refractivity (Wildman–Crippen MR) is 101 cm³/mol. The van der Waals surface area contributed by atoms with Crippen LogP contribution in [-0.2, 0) is 9.53 Å². The van der Waals surface area contributed by atoms with Crippen molar-refractivity contribution in [1.82, 2.24) is 9.88 Å². The molecule has 0 bridgehead atoms. The number of hydrogen-bond donors (Lipinski definition) is 1. The van der Waals surface area contributed by atoms with Crippen LogP contribution >= 0.6 is 0 Å². The molecule has 3 rings (SSSR count). The third kappa shape index (κ3) is 4.17. The predicted octanol–water partition coefficient (Wildman–Crippen LogP) is 3.31. The number of morpholine rings is 1. The number of benzene rings is 1. The van der Waals surface area contributed by atoms with Crippen LogP contribution in [0.5, 0.6) is 0 Å². The monoisotopic (exact) mass is 341 g/mol. The maximum Gasteiger partial charge on any atom is 0.241 e. The molecule has 3 unspecified atom stereocenters. The number of nitrogens with zero attached hydrogens (tertiary/aromatic N) is 2. The molecule has 25 heavy (non-hydrogen) atoms. The van der Waals surface area contributed by atoms with Crippen molar-refractivity contribution in [1.29, 1.82) is 0 Å². The van der Waals surface area contributed by atoms with Crippen molar-refractivity contribution in [3.8, 4) is 0 Å². The van der Waals surface area contributed by atoms with E-state index in [1.54, 1.807) is 6.20 Å². The summed E-state index contributed by atoms with van der Waals surface area (Å²) in [6.45, 7) is 9.88. The van der Waals surface area contributed by atoms with Gasteiger partial charge in [-0.25, -0.2) is 0 Å². The summed E-state index contributed by atoms with van der Waals surface area (Å²) in [4.78, 5) is 19.6. The SMILES string of the molecule is CC1CN(C(C(=O)Nc2ccc3ncccc3c2)C(C)C)CC(C)O1. The molecule has 1 saturated heterocycles.